The number of oxime groups is 1. The largest absolute Gasteiger partial charge is 0.511 e. The Kier molecular flexibility index (Phi) is 5.51. The molecule has 0 aromatic heterocycles. The fourth-order valence-electron chi connectivity index (χ4n) is 3.01. The summed E-state index contributed by atoms with van der Waals surface area (Å²) in [5, 5.41) is 14.6. The lowest BCUT2D eigenvalue weighted by atomic mass is 9.90. The Hall–Kier alpha value is -1.49. The molecule has 0 aromatic rings. The van der Waals surface area contributed by atoms with Gasteiger partial charge in [-0.1, -0.05) is 36.7 Å². The average molecular weight is 328 g/mol. The Morgan fingerprint density at radius 3 is 2.73 bits per heavy atom. The third-order valence-electron chi connectivity index (χ3n) is 3.98. The summed E-state index contributed by atoms with van der Waals surface area (Å²) < 4.78 is 5.64. The maximum absolute atomic E-state index is 12.4. The van der Waals surface area contributed by atoms with Crippen molar-refractivity contribution in [2.75, 3.05) is 6.61 Å². The molecule has 2 aliphatic rings. The van der Waals surface area contributed by atoms with Crippen LogP contribution in [0.2, 0.25) is 0 Å². The van der Waals surface area contributed by atoms with Gasteiger partial charge in [0.25, 0.3) is 0 Å². The molecule has 1 spiro atoms. The predicted octanol–water partition coefficient (Wildman–Crippen LogP) is 3.98. The number of hydrogen-bond donors (Lipinski definition) is 1. The maximum atomic E-state index is 12.4. The van der Waals surface area contributed by atoms with Crippen LogP contribution in [0.15, 0.2) is 28.1 Å². The van der Waals surface area contributed by atoms with Crippen molar-refractivity contribution in [3.8, 4) is 0 Å². The Morgan fingerprint density at radius 2 is 2.18 bits per heavy atom. The van der Waals surface area contributed by atoms with Crippen molar-refractivity contribution in [1.29, 1.82) is 0 Å². The van der Waals surface area contributed by atoms with Gasteiger partial charge in [-0.3, -0.25) is 0 Å². The second kappa shape index (κ2) is 7.18. The van der Waals surface area contributed by atoms with Gasteiger partial charge >= 0.3 is 5.97 Å². The zero-order chi connectivity index (χ0) is 16.2. The first-order chi connectivity index (χ1) is 10.5. The molecule has 0 radical (unpaired) electrons. The van der Waals surface area contributed by atoms with E-state index in [4.69, 9.17) is 21.2 Å². The Bertz CT molecular complexity index is 518. The van der Waals surface area contributed by atoms with Crippen molar-refractivity contribution in [3.05, 3.63) is 22.9 Å². The van der Waals surface area contributed by atoms with Gasteiger partial charge in [0.2, 0.25) is 0 Å². The zero-order valence-electron chi connectivity index (χ0n) is 12.9. The first-order valence-corrected chi connectivity index (χ1v) is 8.03. The van der Waals surface area contributed by atoms with E-state index in [1.807, 2.05) is 6.92 Å². The zero-order valence-corrected chi connectivity index (χ0v) is 13.6. The first kappa shape index (κ1) is 16.9. The summed E-state index contributed by atoms with van der Waals surface area (Å²) in [7, 11) is 0. The number of hydrogen-bond acceptors (Lipinski definition) is 5. The second-order valence-corrected chi connectivity index (χ2v) is 6.39. The SMILES string of the molecule is C=C(Cl)CO/N=C(/CCC)C1=C(O)CC2(CCCC2)OC1=O. The number of carbonyl (C=O) groups excluding carboxylic acids is 1. The summed E-state index contributed by atoms with van der Waals surface area (Å²) in [5.74, 6) is -0.454. The first-order valence-electron chi connectivity index (χ1n) is 7.65. The van der Waals surface area contributed by atoms with Crippen LogP contribution in [0.1, 0.15) is 51.9 Å². The maximum Gasteiger partial charge on any atom is 0.344 e. The van der Waals surface area contributed by atoms with Gasteiger partial charge in [0.15, 0.2) is 6.61 Å². The van der Waals surface area contributed by atoms with E-state index in [1.165, 1.54) is 0 Å². The smallest absolute Gasteiger partial charge is 0.344 e. The van der Waals surface area contributed by atoms with E-state index in [-0.39, 0.29) is 17.9 Å². The molecule has 1 saturated carbocycles. The summed E-state index contributed by atoms with van der Waals surface area (Å²) in [6, 6.07) is 0. The molecule has 1 N–H and O–H groups in total. The van der Waals surface area contributed by atoms with E-state index >= 15 is 0 Å². The van der Waals surface area contributed by atoms with Crippen molar-refractivity contribution < 1.29 is 19.5 Å². The fourth-order valence-corrected chi connectivity index (χ4v) is 3.06. The predicted molar refractivity (Wildman–Crippen MR) is 84.9 cm³/mol. The Labute approximate surface area is 135 Å². The van der Waals surface area contributed by atoms with Gasteiger partial charge in [-0.15, -0.1) is 0 Å². The minimum atomic E-state index is -0.521. The van der Waals surface area contributed by atoms with E-state index in [1.54, 1.807) is 0 Å². The van der Waals surface area contributed by atoms with Gasteiger partial charge in [0, 0.05) is 6.42 Å². The average Bonchev–Trinajstić information content (AvgIpc) is 2.85. The number of nitrogens with zero attached hydrogens (tertiary/aromatic N) is 1. The lowest BCUT2D eigenvalue weighted by molar-refractivity contribution is -0.157. The molecule has 1 fully saturated rings. The topological polar surface area (TPSA) is 68.1 Å². The van der Waals surface area contributed by atoms with E-state index in [2.05, 4.69) is 11.7 Å². The lowest BCUT2D eigenvalue weighted by Crippen LogP contribution is -2.39. The number of aliphatic hydroxyl groups excluding tert-OH is 1. The van der Waals surface area contributed by atoms with Crippen molar-refractivity contribution >= 4 is 23.3 Å². The summed E-state index contributed by atoms with van der Waals surface area (Å²) >= 11 is 5.62. The number of rotatable bonds is 6. The van der Waals surface area contributed by atoms with Crippen LogP contribution in [0, 0.1) is 0 Å². The molecule has 5 nitrogen and oxygen atoms in total. The van der Waals surface area contributed by atoms with Crippen LogP contribution in [-0.2, 0) is 14.4 Å². The summed E-state index contributed by atoms with van der Waals surface area (Å²) in [5.41, 5.74) is 0.0168. The number of carbonyl (C=O) groups is 1. The van der Waals surface area contributed by atoms with Crippen molar-refractivity contribution in [1.82, 2.24) is 0 Å². The molecule has 0 amide bonds. The molecule has 2 rings (SSSR count). The molecule has 122 valence electrons. The molecule has 0 unspecified atom stereocenters. The van der Waals surface area contributed by atoms with Crippen LogP contribution >= 0.6 is 11.6 Å². The molecule has 0 aromatic carbocycles. The monoisotopic (exact) mass is 327 g/mol. The van der Waals surface area contributed by atoms with Gasteiger partial charge in [-0.25, -0.2) is 4.79 Å². The number of halogens is 1. The Balaban J connectivity index is 2.22. The highest BCUT2D eigenvalue weighted by Gasteiger charge is 2.44. The van der Waals surface area contributed by atoms with Gasteiger partial charge in [0.1, 0.15) is 16.9 Å². The van der Waals surface area contributed by atoms with E-state index in [0.717, 1.165) is 32.1 Å². The third-order valence-corrected chi connectivity index (χ3v) is 4.09. The summed E-state index contributed by atoms with van der Waals surface area (Å²) in [6.07, 6.45) is 5.28. The van der Waals surface area contributed by atoms with Gasteiger partial charge in [0.05, 0.1) is 10.7 Å². The highest BCUT2D eigenvalue weighted by molar-refractivity contribution is 6.29. The van der Waals surface area contributed by atoms with Crippen LogP contribution in [0.25, 0.3) is 0 Å². The number of ether oxygens (including phenoxy) is 1. The highest BCUT2D eigenvalue weighted by atomic mass is 35.5. The minimum absolute atomic E-state index is 0.0543. The van der Waals surface area contributed by atoms with Crippen LogP contribution in [0.3, 0.4) is 0 Å². The molecule has 1 heterocycles. The van der Waals surface area contributed by atoms with E-state index < -0.39 is 11.6 Å². The fraction of sp³-hybridized carbons (Fsp3) is 0.625. The molecule has 6 heteroatoms. The van der Waals surface area contributed by atoms with Crippen LogP contribution in [0.4, 0.5) is 0 Å². The molecule has 1 aliphatic heterocycles. The van der Waals surface area contributed by atoms with Crippen LogP contribution in [-0.4, -0.2) is 29.0 Å². The standard InChI is InChI=1S/C16H22ClNO4/c1-3-6-12(18-21-10-11(2)17)14-13(19)9-16(22-15(14)20)7-4-5-8-16/h19H,2-10H2,1H3/b18-12-. The van der Waals surface area contributed by atoms with Gasteiger partial charge in [-0.2, -0.15) is 0 Å². The van der Waals surface area contributed by atoms with E-state index in [9.17, 15) is 9.90 Å². The number of aliphatic hydroxyl groups is 1. The van der Waals surface area contributed by atoms with Crippen LogP contribution < -0.4 is 0 Å². The summed E-state index contributed by atoms with van der Waals surface area (Å²) in [6.45, 7) is 5.52. The summed E-state index contributed by atoms with van der Waals surface area (Å²) in [4.78, 5) is 17.4. The molecule has 0 saturated heterocycles. The Morgan fingerprint density at radius 1 is 1.50 bits per heavy atom. The van der Waals surface area contributed by atoms with Gasteiger partial charge in [-0.05, 0) is 32.1 Å². The molecule has 22 heavy (non-hydrogen) atoms. The second-order valence-electron chi connectivity index (χ2n) is 5.86. The van der Waals surface area contributed by atoms with E-state index in [0.29, 0.717) is 23.6 Å². The van der Waals surface area contributed by atoms with Crippen LogP contribution in [0.5, 0.6) is 0 Å². The normalized spacial score (nSPS) is 21.2. The minimum Gasteiger partial charge on any atom is -0.511 e. The van der Waals surface area contributed by atoms with Crippen molar-refractivity contribution in [2.45, 2.75) is 57.5 Å². The molecular weight excluding hydrogens is 306 g/mol. The van der Waals surface area contributed by atoms with Gasteiger partial charge < -0.3 is 14.7 Å². The molecular formula is C16H22ClNO4. The quantitative estimate of drug-likeness (QED) is 0.455. The number of esters is 1. The lowest BCUT2D eigenvalue weighted by Gasteiger charge is -2.33. The third kappa shape index (κ3) is 3.83. The highest BCUT2D eigenvalue weighted by Crippen LogP contribution is 2.42. The molecule has 1 aliphatic carbocycles. The van der Waals surface area contributed by atoms with Crippen molar-refractivity contribution in [2.24, 2.45) is 5.16 Å². The molecule has 0 bridgehead atoms. The van der Waals surface area contributed by atoms with Crippen molar-refractivity contribution in [3.63, 3.8) is 0 Å². The molecule has 0 atom stereocenters.